The van der Waals surface area contributed by atoms with Crippen molar-refractivity contribution in [1.29, 1.82) is 0 Å². The molecule has 0 spiro atoms. The highest BCUT2D eigenvalue weighted by atomic mass is 32.2. The van der Waals surface area contributed by atoms with Gasteiger partial charge in [0, 0.05) is 36.6 Å². The zero-order chi connectivity index (χ0) is 19.9. The minimum Gasteiger partial charge on any atom is -0.466 e. The number of furan rings is 1. The Morgan fingerprint density at radius 2 is 2.00 bits per heavy atom. The van der Waals surface area contributed by atoms with E-state index < -0.39 is 5.60 Å². The molecule has 1 saturated heterocycles. The second-order valence-electron chi connectivity index (χ2n) is 7.38. The fraction of sp³-hybridized carbons (Fsp3) is 0.750. The van der Waals surface area contributed by atoms with Crippen molar-refractivity contribution >= 4 is 17.7 Å². The topological polar surface area (TPSA) is 79.0 Å². The van der Waals surface area contributed by atoms with E-state index in [4.69, 9.17) is 9.15 Å². The number of thioether (sulfide) groups is 1. The third-order valence-corrected chi connectivity index (χ3v) is 6.40. The average molecular weight is 398 g/mol. The molecule has 3 N–H and O–H groups in total. The van der Waals surface area contributed by atoms with Crippen LogP contribution in [0.15, 0.2) is 15.5 Å². The molecule has 2 heterocycles. The summed E-state index contributed by atoms with van der Waals surface area (Å²) < 4.78 is 11.3. The molecular weight excluding hydrogens is 362 g/mol. The van der Waals surface area contributed by atoms with Crippen LogP contribution >= 0.6 is 11.8 Å². The lowest BCUT2D eigenvalue weighted by Gasteiger charge is -2.37. The van der Waals surface area contributed by atoms with Gasteiger partial charge < -0.3 is 24.9 Å². The number of guanidine groups is 1. The molecule has 27 heavy (non-hydrogen) atoms. The highest BCUT2D eigenvalue weighted by molar-refractivity contribution is 8.00. The monoisotopic (exact) mass is 397 g/mol. The predicted molar refractivity (Wildman–Crippen MR) is 113 cm³/mol. The number of hydrogen-bond donors (Lipinski definition) is 3. The predicted octanol–water partition coefficient (Wildman–Crippen LogP) is 2.96. The van der Waals surface area contributed by atoms with E-state index in [1.165, 1.54) is 0 Å². The zero-order valence-electron chi connectivity index (χ0n) is 17.4. The Morgan fingerprint density at radius 1 is 1.30 bits per heavy atom. The van der Waals surface area contributed by atoms with Gasteiger partial charge in [-0.15, -0.1) is 0 Å². The standard InChI is InChI=1S/C20H35N3O3S/c1-6-21-18(23-14-20(27-7-2)8-10-25-11-9-20)22-13-19(5,24)17-12-15(3)26-16(17)4/h12,24H,6-11,13-14H2,1-5H3,(H2,21,22,23). The molecule has 154 valence electrons. The maximum Gasteiger partial charge on any atom is 0.191 e. The third-order valence-electron chi connectivity index (χ3n) is 4.94. The fourth-order valence-electron chi connectivity index (χ4n) is 3.49. The zero-order valence-corrected chi connectivity index (χ0v) is 18.2. The van der Waals surface area contributed by atoms with E-state index in [9.17, 15) is 5.11 Å². The Balaban J connectivity index is 2.05. The lowest BCUT2D eigenvalue weighted by Crippen LogP contribution is -2.48. The molecule has 0 aromatic carbocycles. The van der Waals surface area contributed by atoms with Gasteiger partial charge in [0.25, 0.3) is 0 Å². The molecule has 7 heteroatoms. The number of nitrogens with zero attached hydrogens (tertiary/aromatic N) is 1. The number of hydrogen-bond acceptors (Lipinski definition) is 5. The van der Waals surface area contributed by atoms with Crippen LogP contribution in [0.2, 0.25) is 0 Å². The summed E-state index contributed by atoms with van der Waals surface area (Å²) in [6.07, 6.45) is 2.09. The Labute approximate surface area is 167 Å². The first-order valence-electron chi connectivity index (χ1n) is 9.85. The van der Waals surface area contributed by atoms with Crippen LogP contribution in [0.1, 0.15) is 50.7 Å². The van der Waals surface area contributed by atoms with Crippen LogP contribution in [0.5, 0.6) is 0 Å². The number of nitrogens with one attached hydrogen (secondary N) is 2. The molecule has 1 atom stereocenters. The van der Waals surface area contributed by atoms with Gasteiger partial charge in [0.15, 0.2) is 5.96 Å². The molecule has 1 fully saturated rings. The van der Waals surface area contributed by atoms with E-state index in [2.05, 4.69) is 22.5 Å². The van der Waals surface area contributed by atoms with Gasteiger partial charge in [0.1, 0.15) is 17.1 Å². The number of rotatable bonds is 8. The van der Waals surface area contributed by atoms with Crippen molar-refractivity contribution in [2.75, 3.05) is 38.6 Å². The average Bonchev–Trinajstić information content (AvgIpc) is 2.98. The van der Waals surface area contributed by atoms with Crippen molar-refractivity contribution in [3.05, 3.63) is 23.2 Å². The van der Waals surface area contributed by atoms with Gasteiger partial charge in [0.2, 0.25) is 0 Å². The summed E-state index contributed by atoms with van der Waals surface area (Å²) in [6.45, 7) is 13.3. The quantitative estimate of drug-likeness (QED) is 0.462. The molecule has 1 aromatic heterocycles. The summed E-state index contributed by atoms with van der Waals surface area (Å²) in [4.78, 5) is 4.65. The second-order valence-corrected chi connectivity index (χ2v) is 9.11. The van der Waals surface area contributed by atoms with Gasteiger partial charge in [0.05, 0.1) is 6.54 Å². The van der Waals surface area contributed by atoms with Crippen LogP contribution in [0.4, 0.5) is 0 Å². The lowest BCUT2D eigenvalue weighted by atomic mass is 9.96. The molecule has 0 amide bonds. The highest BCUT2D eigenvalue weighted by Gasteiger charge is 2.33. The van der Waals surface area contributed by atoms with Crippen molar-refractivity contribution in [1.82, 2.24) is 10.6 Å². The molecule has 0 saturated carbocycles. The first-order chi connectivity index (χ1) is 12.8. The first kappa shape index (κ1) is 22.1. The van der Waals surface area contributed by atoms with E-state index in [-0.39, 0.29) is 11.3 Å². The molecular formula is C20H35N3O3S. The van der Waals surface area contributed by atoms with Crippen LogP contribution in [0, 0.1) is 13.8 Å². The Morgan fingerprint density at radius 3 is 2.56 bits per heavy atom. The van der Waals surface area contributed by atoms with E-state index in [1.807, 2.05) is 38.6 Å². The normalized spacial score (nSPS) is 19.6. The molecule has 1 aliphatic heterocycles. The Bertz CT molecular complexity index is 616. The summed E-state index contributed by atoms with van der Waals surface area (Å²) in [5, 5.41) is 17.7. The molecule has 1 unspecified atom stereocenters. The largest absolute Gasteiger partial charge is 0.466 e. The summed E-state index contributed by atoms with van der Waals surface area (Å²) >= 11 is 2.00. The molecule has 2 rings (SSSR count). The second kappa shape index (κ2) is 9.85. The summed E-state index contributed by atoms with van der Waals surface area (Å²) in [5.74, 6) is 3.36. The summed E-state index contributed by atoms with van der Waals surface area (Å²) in [7, 11) is 0. The lowest BCUT2D eigenvalue weighted by molar-refractivity contribution is 0.0656. The van der Waals surface area contributed by atoms with Crippen molar-refractivity contribution in [2.24, 2.45) is 4.99 Å². The summed E-state index contributed by atoms with van der Waals surface area (Å²) in [6, 6.07) is 1.89. The summed E-state index contributed by atoms with van der Waals surface area (Å²) in [5.41, 5.74) is -0.277. The minimum absolute atomic E-state index is 0.184. The van der Waals surface area contributed by atoms with Gasteiger partial charge >= 0.3 is 0 Å². The van der Waals surface area contributed by atoms with Crippen molar-refractivity contribution in [3.63, 3.8) is 0 Å². The van der Waals surface area contributed by atoms with Crippen molar-refractivity contribution in [3.8, 4) is 0 Å². The van der Waals surface area contributed by atoms with E-state index in [0.29, 0.717) is 0 Å². The van der Waals surface area contributed by atoms with E-state index in [0.717, 1.165) is 67.9 Å². The van der Waals surface area contributed by atoms with Gasteiger partial charge in [-0.05, 0) is 52.4 Å². The van der Waals surface area contributed by atoms with Crippen molar-refractivity contribution in [2.45, 2.75) is 57.8 Å². The number of aryl methyl sites for hydroxylation is 2. The van der Waals surface area contributed by atoms with Crippen LogP contribution in [-0.4, -0.2) is 54.4 Å². The van der Waals surface area contributed by atoms with E-state index >= 15 is 0 Å². The molecule has 0 radical (unpaired) electrons. The van der Waals surface area contributed by atoms with Crippen LogP contribution in [-0.2, 0) is 10.3 Å². The van der Waals surface area contributed by atoms with Crippen LogP contribution in [0.3, 0.4) is 0 Å². The Hall–Kier alpha value is -1.18. The van der Waals surface area contributed by atoms with Crippen LogP contribution < -0.4 is 10.6 Å². The van der Waals surface area contributed by atoms with Gasteiger partial charge in [-0.1, -0.05) is 6.92 Å². The van der Waals surface area contributed by atoms with Crippen LogP contribution in [0.25, 0.3) is 0 Å². The third kappa shape index (κ3) is 6.16. The highest BCUT2D eigenvalue weighted by Crippen LogP contribution is 2.34. The molecule has 1 aliphatic rings. The maximum absolute atomic E-state index is 10.9. The minimum atomic E-state index is -1.07. The van der Waals surface area contributed by atoms with Crippen molar-refractivity contribution < 1.29 is 14.3 Å². The fourth-order valence-corrected chi connectivity index (χ4v) is 4.73. The first-order valence-corrected chi connectivity index (χ1v) is 10.8. The van der Waals surface area contributed by atoms with Gasteiger partial charge in [-0.25, -0.2) is 4.99 Å². The van der Waals surface area contributed by atoms with E-state index in [1.54, 1.807) is 6.92 Å². The molecule has 0 bridgehead atoms. The van der Waals surface area contributed by atoms with Gasteiger partial charge in [-0.2, -0.15) is 11.8 Å². The van der Waals surface area contributed by atoms with Gasteiger partial charge in [-0.3, -0.25) is 0 Å². The SMILES string of the molecule is CCNC(=NCC(C)(O)c1cc(C)oc1C)NCC1(SCC)CCOCC1. The number of ether oxygens (including phenoxy) is 1. The molecule has 0 aliphatic carbocycles. The molecule has 1 aromatic rings. The number of aliphatic hydroxyl groups is 1. The maximum atomic E-state index is 10.9. The Kier molecular flexibility index (Phi) is 8.06. The molecule has 6 nitrogen and oxygen atoms in total. The number of aliphatic imine (C=N–C) groups is 1. The smallest absolute Gasteiger partial charge is 0.191 e.